The molecule has 106 valence electrons. The average molecular weight is 265 g/mol. The Balaban J connectivity index is 2.20. The summed E-state index contributed by atoms with van der Waals surface area (Å²) in [6, 6.07) is 2.25. The van der Waals surface area contributed by atoms with Crippen molar-refractivity contribution in [3.63, 3.8) is 0 Å². The van der Waals surface area contributed by atoms with E-state index in [0.717, 1.165) is 31.1 Å². The molecule has 1 fully saturated rings. The quantitative estimate of drug-likeness (QED) is 0.859. The van der Waals surface area contributed by atoms with Crippen LogP contribution in [0.3, 0.4) is 0 Å². The van der Waals surface area contributed by atoms with E-state index in [0.29, 0.717) is 18.6 Å². The highest BCUT2D eigenvalue weighted by Crippen LogP contribution is 2.22. The lowest BCUT2D eigenvalue weighted by Crippen LogP contribution is -2.47. The van der Waals surface area contributed by atoms with Gasteiger partial charge in [-0.15, -0.1) is 0 Å². The van der Waals surface area contributed by atoms with Crippen LogP contribution < -0.4 is 16.0 Å². The summed E-state index contributed by atoms with van der Waals surface area (Å²) in [4.78, 5) is 10.8. The number of ether oxygens (including phenoxy) is 1. The molecule has 0 saturated carbocycles. The molecule has 1 aromatic heterocycles. The van der Waals surface area contributed by atoms with E-state index in [1.807, 2.05) is 6.07 Å². The maximum absolute atomic E-state index is 5.80. The van der Waals surface area contributed by atoms with Gasteiger partial charge in [-0.3, -0.25) is 0 Å². The fourth-order valence-corrected chi connectivity index (χ4v) is 2.17. The number of hydrogen-bond donors (Lipinski definition) is 2. The maximum atomic E-state index is 5.80. The molecule has 1 aromatic rings. The standard InChI is InChI=1S/C13H23N5O/c1-4-5-15-11-6-12(17-13(14)16-11)18-7-10(3)19-8-9(18)2/h6,9-10H,4-5,7-8H2,1-3H3,(H3,14,15,16,17). The summed E-state index contributed by atoms with van der Waals surface area (Å²) in [7, 11) is 0. The third-order valence-corrected chi connectivity index (χ3v) is 3.19. The molecule has 2 heterocycles. The minimum absolute atomic E-state index is 0.208. The second-order valence-corrected chi connectivity index (χ2v) is 5.04. The van der Waals surface area contributed by atoms with Gasteiger partial charge in [-0.2, -0.15) is 9.97 Å². The Bertz CT molecular complexity index is 425. The Morgan fingerprint density at radius 2 is 2.26 bits per heavy atom. The van der Waals surface area contributed by atoms with E-state index in [-0.39, 0.29) is 6.10 Å². The lowest BCUT2D eigenvalue weighted by atomic mass is 10.2. The van der Waals surface area contributed by atoms with Crippen LogP contribution in [0.25, 0.3) is 0 Å². The van der Waals surface area contributed by atoms with E-state index in [9.17, 15) is 0 Å². The molecule has 0 bridgehead atoms. The molecule has 6 nitrogen and oxygen atoms in total. The SMILES string of the molecule is CCCNc1cc(N2CC(C)OCC2C)nc(N)n1. The van der Waals surface area contributed by atoms with Gasteiger partial charge < -0.3 is 20.7 Å². The monoisotopic (exact) mass is 265 g/mol. The van der Waals surface area contributed by atoms with Crippen LogP contribution in [0.15, 0.2) is 6.07 Å². The summed E-state index contributed by atoms with van der Waals surface area (Å²) < 4.78 is 5.64. The predicted octanol–water partition coefficient (Wildman–Crippen LogP) is 1.49. The van der Waals surface area contributed by atoms with Gasteiger partial charge in [0.15, 0.2) is 0 Å². The fraction of sp³-hybridized carbons (Fsp3) is 0.692. The molecule has 19 heavy (non-hydrogen) atoms. The summed E-state index contributed by atoms with van der Waals surface area (Å²) in [6.07, 6.45) is 1.25. The second kappa shape index (κ2) is 6.06. The molecule has 3 N–H and O–H groups in total. The van der Waals surface area contributed by atoms with Crippen molar-refractivity contribution in [2.75, 3.05) is 35.6 Å². The van der Waals surface area contributed by atoms with Gasteiger partial charge in [-0.25, -0.2) is 0 Å². The molecule has 1 aliphatic heterocycles. The zero-order valence-electron chi connectivity index (χ0n) is 11.9. The van der Waals surface area contributed by atoms with Crippen molar-refractivity contribution in [3.05, 3.63) is 6.07 Å². The first-order chi connectivity index (χ1) is 9.10. The van der Waals surface area contributed by atoms with Crippen LogP contribution in [-0.4, -0.2) is 41.8 Å². The van der Waals surface area contributed by atoms with Crippen molar-refractivity contribution in [1.82, 2.24) is 9.97 Å². The summed E-state index contributed by atoms with van der Waals surface area (Å²) in [5, 5.41) is 3.25. The molecule has 1 saturated heterocycles. The summed E-state index contributed by atoms with van der Waals surface area (Å²) >= 11 is 0. The molecular weight excluding hydrogens is 242 g/mol. The number of nitrogen functional groups attached to an aromatic ring is 1. The van der Waals surface area contributed by atoms with Gasteiger partial charge in [-0.1, -0.05) is 6.92 Å². The molecule has 0 spiro atoms. The molecule has 0 aromatic carbocycles. The summed E-state index contributed by atoms with van der Waals surface area (Å²) in [6.45, 7) is 8.73. The molecule has 0 amide bonds. The van der Waals surface area contributed by atoms with Gasteiger partial charge in [0.1, 0.15) is 11.6 Å². The van der Waals surface area contributed by atoms with Crippen molar-refractivity contribution in [3.8, 4) is 0 Å². The van der Waals surface area contributed by atoms with Crippen molar-refractivity contribution >= 4 is 17.6 Å². The van der Waals surface area contributed by atoms with Gasteiger partial charge in [0.25, 0.3) is 0 Å². The van der Waals surface area contributed by atoms with E-state index in [1.165, 1.54) is 0 Å². The molecule has 2 rings (SSSR count). The zero-order chi connectivity index (χ0) is 13.8. The molecule has 0 aliphatic carbocycles. The van der Waals surface area contributed by atoms with Crippen LogP contribution in [0.4, 0.5) is 17.6 Å². The van der Waals surface area contributed by atoms with E-state index < -0.39 is 0 Å². The highest BCUT2D eigenvalue weighted by molar-refractivity contribution is 5.53. The fourth-order valence-electron chi connectivity index (χ4n) is 2.17. The first-order valence-electron chi connectivity index (χ1n) is 6.86. The topological polar surface area (TPSA) is 76.3 Å². The van der Waals surface area contributed by atoms with E-state index in [1.54, 1.807) is 0 Å². The van der Waals surface area contributed by atoms with Crippen LogP contribution in [-0.2, 0) is 4.74 Å². The largest absolute Gasteiger partial charge is 0.375 e. The third kappa shape index (κ3) is 3.47. The molecule has 2 unspecified atom stereocenters. The van der Waals surface area contributed by atoms with Gasteiger partial charge in [-0.05, 0) is 20.3 Å². The Morgan fingerprint density at radius 3 is 3.00 bits per heavy atom. The molecule has 2 atom stereocenters. The Hall–Kier alpha value is -1.56. The normalized spacial score (nSPS) is 23.4. The zero-order valence-corrected chi connectivity index (χ0v) is 11.9. The molecule has 6 heteroatoms. The molecule has 1 aliphatic rings. The Kier molecular flexibility index (Phi) is 4.42. The summed E-state index contributed by atoms with van der Waals surface area (Å²) in [5.74, 6) is 1.96. The Morgan fingerprint density at radius 1 is 1.47 bits per heavy atom. The average Bonchev–Trinajstić information content (AvgIpc) is 2.38. The van der Waals surface area contributed by atoms with Crippen molar-refractivity contribution in [2.45, 2.75) is 39.3 Å². The lowest BCUT2D eigenvalue weighted by Gasteiger charge is -2.37. The van der Waals surface area contributed by atoms with Crippen LogP contribution >= 0.6 is 0 Å². The smallest absolute Gasteiger partial charge is 0.223 e. The molecular formula is C13H23N5O. The van der Waals surface area contributed by atoms with E-state index in [2.05, 4.69) is 41.0 Å². The number of hydrogen-bond acceptors (Lipinski definition) is 6. The number of nitrogens with two attached hydrogens (primary N) is 1. The second-order valence-electron chi connectivity index (χ2n) is 5.04. The van der Waals surface area contributed by atoms with Gasteiger partial charge >= 0.3 is 0 Å². The van der Waals surface area contributed by atoms with Crippen LogP contribution in [0.2, 0.25) is 0 Å². The first-order valence-corrected chi connectivity index (χ1v) is 6.86. The number of nitrogens with zero attached hydrogens (tertiary/aromatic N) is 3. The molecule has 0 radical (unpaired) electrons. The third-order valence-electron chi connectivity index (χ3n) is 3.19. The van der Waals surface area contributed by atoms with Gasteiger partial charge in [0.2, 0.25) is 5.95 Å². The van der Waals surface area contributed by atoms with Gasteiger partial charge in [0.05, 0.1) is 18.8 Å². The minimum Gasteiger partial charge on any atom is -0.375 e. The maximum Gasteiger partial charge on any atom is 0.223 e. The summed E-state index contributed by atoms with van der Waals surface area (Å²) in [5.41, 5.74) is 5.80. The number of anilines is 3. The van der Waals surface area contributed by atoms with Crippen LogP contribution in [0.1, 0.15) is 27.2 Å². The first kappa shape index (κ1) is 13.9. The van der Waals surface area contributed by atoms with Crippen molar-refractivity contribution < 1.29 is 4.74 Å². The van der Waals surface area contributed by atoms with Crippen LogP contribution in [0.5, 0.6) is 0 Å². The highest BCUT2D eigenvalue weighted by Gasteiger charge is 2.25. The van der Waals surface area contributed by atoms with E-state index >= 15 is 0 Å². The Labute approximate surface area is 114 Å². The van der Waals surface area contributed by atoms with E-state index in [4.69, 9.17) is 10.5 Å². The number of rotatable bonds is 4. The van der Waals surface area contributed by atoms with Crippen molar-refractivity contribution in [2.24, 2.45) is 0 Å². The van der Waals surface area contributed by atoms with Gasteiger partial charge in [0, 0.05) is 19.2 Å². The number of nitrogens with one attached hydrogen (secondary N) is 1. The minimum atomic E-state index is 0.208. The number of aromatic nitrogens is 2. The highest BCUT2D eigenvalue weighted by atomic mass is 16.5. The van der Waals surface area contributed by atoms with Crippen LogP contribution in [0, 0.1) is 0 Å². The van der Waals surface area contributed by atoms with Crippen molar-refractivity contribution in [1.29, 1.82) is 0 Å². The number of morpholine rings is 1. The lowest BCUT2D eigenvalue weighted by molar-refractivity contribution is 0.0340. The predicted molar refractivity (Wildman–Crippen MR) is 77.4 cm³/mol.